The third-order valence-electron chi connectivity index (χ3n) is 9.10. The van der Waals surface area contributed by atoms with Gasteiger partial charge in [0.2, 0.25) is 0 Å². The minimum Gasteiger partial charge on any atom is -0.392 e. The Morgan fingerprint density at radius 3 is 2.28 bits per heavy atom. The molecule has 0 unspecified atom stereocenters. The summed E-state index contributed by atoms with van der Waals surface area (Å²) in [6, 6.07) is 32.7. The molecule has 5 aromatic rings. The van der Waals surface area contributed by atoms with Crippen molar-refractivity contribution in [1.82, 2.24) is 14.5 Å². The molecular formula is C37H38N4O5. The molecular weight excluding hydrogens is 580 g/mol. The summed E-state index contributed by atoms with van der Waals surface area (Å²) in [5, 5.41) is 12.5. The van der Waals surface area contributed by atoms with Crippen LogP contribution in [0.2, 0.25) is 0 Å². The molecule has 3 heterocycles. The first kappa shape index (κ1) is 30.1. The molecule has 3 atom stereocenters. The van der Waals surface area contributed by atoms with Crippen molar-refractivity contribution in [1.29, 1.82) is 0 Å². The Labute approximate surface area is 267 Å². The Bertz CT molecular complexity index is 1830. The molecule has 0 radical (unpaired) electrons. The van der Waals surface area contributed by atoms with Crippen LogP contribution >= 0.6 is 0 Å². The van der Waals surface area contributed by atoms with E-state index in [9.17, 15) is 14.7 Å². The monoisotopic (exact) mass is 618 g/mol. The number of hydrogen-bond acceptors (Lipinski definition) is 6. The van der Waals surface area contributed by atoms with Crippen molar-refractivity contribution in [3.05, 3.63) is 136 Å². The molecule has 0 saturated carbocycles. The Kier molecular flexibility index (Phi) is 8.81. The molecule has 1 amide bonds. The summed E-state index contributed by atoms with van der Waals surface area (Å²) in [6.07, 6.45) is 1.62. The Hall–Kier alpha value is -4.54. The third kappa shape index (κ3) is 6.54. The zero-order valence-electron chi connectivity index (χ0n) is 25.5. The number of rotatable bonds is 8. The molecule has 1 aromatic heterocycles. The number of nitrogens with one attached hydrogen (secondary N) is 2. The number of aromatic nitrogens is 2. The second-order valence-corrected chi connectivity index (χ2v) is 12.1. The van der Waals surface area contributed by atoms with Crippen molar-refractivity contribution in [2.24, 2.45) is 0 Å². The van der Waals surface area contributed by atoms with E-state index in [1.54, 1.807) is 12.1 Å². The number of amides is 1. The van der Waals surface area contributed by atoms with E-state index in [0.717, 1.165) is 60.2 Å². The summed E-state index contributed by atoms with van der Waals surface area (Å²) in [4.78, 5) is 30.8. The molecule has 0 aliphatic carbocycles. The van der Waals surface area contributed by atoms with E-state index in [-0.39, 0.29) is 36.5 Å². The van der Waals surface area contributed by atoms with Crippen LogP contribution in [-0.2, 0) is 16.1 Å². The number of benzene rings is 4. The van der Waals surface area contributed by atoms with Crippen LogP contribution in [0.25, 0.3) is 11.0 Å². The SMILES string of the molecule is O=C(Nc1ccc([C@H]2O[C@@H](CN3CCC(n4c(=O)[nH]c5ccccc54)CC3)C[C@@H](c3ccc(CO)cc3)O2)cc1)c1ccccc1. The van der Waals surface area contributed by atoms with Gasteiger partial charge in [0.1, 0.15) is 0 Å². The normalized spacial score (nSPS) is 20.9. The molecule has 4 aromatic carbocycles. The van der Waals surface area contributed by atoms with Gasteiger partial charge in [0.25, 0.3) is 5.91 Å². The quantitative estimate of drug-likeness (QED) is 0.198. The lowest BCUT2D eigenvalue weighted by Crippen LogP contribution is -2.43. The standard InChI is InChI=1S/C37H38N4O5/c42-24-25-10-12-26(13-11-25)34-22-31(23-40-20-18-30(19-21-40)41-33-9-5-4-8-32(33)39-37(41)44)45-36(46-34)28-14-16-29(17-15-28)38-35(43)27-6-2-1-3-7-27/h1-17,30-31,34,36,42H,18-24H2,(H,38,43)(H,39,44)/t31-,34+,36+/m1/s1. The van der Waals surface area contributed by atoms with Crippen molar-refractivity contribution in [3.63, 3.8) is 0 Å². The number of likely N-dealkylation sites (tertiary alicyclic amines) is 1. The zero-order chi connectivity index (χ0) is 31.5. The summed E-state index contributed by atoms with van der Waals surface area (Å²) in [6.45, 7) is 2.49. The van der Waals surface area contributed by atoms with Gasteiger partial charge in [-0.15, -0.1) is 0 Å². The summed E-state index contributed by atoms with van der Waals surface area (Å²) >= 11 is 0. The van der Waals surface area contributed by atoms with Crippen LogP contribution in [0.3, 0.4) is 0 Å². The average Bonchev–Trinajstić information content (AvgIpc) is 3.44. The van der Waals surface area contributed by atoms with Gasteiger partial charge < -0.3 is 29.8 Å². The summed E-state index contributed by atoms with van der Waals surface area (Å²) < 4.78 is 15.0. The predicted molar refractivity (Wildman–Crippen MR) is 177 cm³/mol. The van der Waals surface area contributed by atoms with E-state index in [2.05, 4.69) is 15.2 Å². The van der Waals surface area contributed by atoms with E-state index in [1.165, 1.54) is 0 Å². The van der Waals surface area contributed by atoms with Gasteiger partial charge in [0, 0.05) is 48.9 Å². The van der Waals surface area contributed by atoms with Crippen molar-refractivity contribution in [2.45, 2.75) is 50.4 Å². The molecule has 9 heteroatoms. The van der Waals surface area contributed by atoms with Crippen LogP contribution in [0, 0.1) is 0 Å². The highest BCUT2D eigenvalue weighted by Gasteiger charge is 2.34. The lowest BCUT2D eigenvalue weighted by atomic mass is 9.98. The number of aliphatic hydroxyl groups is 1. The number of piperidine rings is 1. The number of para-hydroxylation sites is 2. The first-order chi connectivity index (χ1) is 22.5. The number of aromatic amines is 1. The maximum Gasteiger partial charge on any atom is 0.326 e. The molecule has 236 valence electrons. The Balaban J connectivity index is 1.04. The van der Waals surface area contributed by atoms with Crippen LogP contribution in [0.4, 0.5) is 5.69 Å². The minimum atomic E-state index is -0.581. The number of aliphatic hydroxyl groups excluding tert-OH is 1. The first-order valence-corrected chi connectivity index (χ1v) is 15.9. The minimum absolute atomic E-state index is 0.00600. The highest BCUT2D eigenvalue weighted by Crippen LogP contribution is 2.39. The lowest BCUT2D eigenvalue weighted by molar-refractivity contribution is -0.253. The number of hydrogen-bond donors (Lipinski definition) is 3. The van der Waals surface area contributed by atoms with Gasteiger partial charge in [0.15, 0.2) is 6.29 Å². The number of nitrogens with zero attached hydrogens (tertiary/aromatic N) is 2. The molecule has 2 aliphatic heterocycles. The van der Waals surface area contributed by atoms with E-state index in [1.807, 2.05) is 95.6 Å². The maximum absolute atomic E-state index is 12.8. The van der Waals surface area contributed by atoms with Crippen LogP contribution in [-0.4, -0.2) is 51.2 Å². The number of imidazole rings is 1. The Morgan fingerprint density at radius 1 is 0.848 bits per heavy atom. The van der Waals surface area contributed by atoms with Crippen molar-refractivity contribution in [3.8, 4) is 0 Å². The van der Waals surface area contributed by atoms with Crippen LogP contribution in [0.15, 0.2) is 108 Å². The van der Waals surface area contributed by atoms with Gasteiger partial charge in [-0.2, -0.15) is 0 Å². The molecule has 7 rings (SSSR count). The van der Waals surface area contributed by atoms with E-state index in [4.69, 9.17) is 9.47 Å². The number of H-pyrrole nitrogens is 1. The summed E-state index contributed by atoms with van der Waals surface area (Å²) in [5.74, 6) is -0.164. The molecule has 2 fully saturated rings. The van der Waals surface area contributed by atoms with Crippen molar-refractivity contribution >= 4 is 22.6 Å². The van der Waals surface area contributed by atoms with Crippen LogP contribution < -0.4 is 11.0 Å². The maximum atomic E-state index is 12.8. The largest absolute Gasteiger partial charge is 0.392 e. The fourth-order valence-electron chi connectivity index (χ4n) is 6.63. The highest BCUT2D eigenvalue weighted by molar-refractivity contribution is 6.04. The molecule has 2 saturated heterocycles. The van der Waals surface area contributed by atoms with Crippen molar-refractivity contribution in [2.75, 3.05) is 25.0 Å². The highest BCUT2D eigenvalue weighted by atomic mass is 16.7. The van der Waals surface area contributed by atoms with Crippen molar-refractivity contribution < 1.29 is 19.4 Å². The van der Waals surface area contributed by atoms with Gasteiger partial charge in [-0.1, -0.05) is 66.7 Å². The van der Waals surface area contributed by atoms with Gasteiger partial charge in [-0.05, 0) is 60.4 Å². The number of carbonyl (C=O) groups excluding carboxylic acids is 1. The fraction of sp³-hybridized carbons (Fsp3) is 0.297. The molecule has 9 nitrogen and oxygen atoms in total. The van der Waals surface area contributed by atoms with Gasteiger partial charge in [0.05, 0.1) is 29.8 Å². The third-order valence-corrected chi connectivity index (χ3v) is 9.10. The van der Waals surface area contributed by atoms with Gasteiger partial charge in [-0.25, -0.2) is 4.79 Å². The Morgan fingerprint density at radius 2 is 1.54 bits per heavy atom. The molecule has 3 N–H and O–H groups in total. The molecule has 0 bridgehead atoms. The molecule has 46 heavy (non-hydrogen) atoms. The van der Waals surface area contributed by atoms with E-state index >= 15 is 0 Å². The van der Waals surface area contributed by atoms with Crippen LogP contribution in [0.1, 0.15) is 64.7 Å². The predicted octanol–water partition coefficient (Wildman–Crippen LogP) is 5.96. The number of anilines is 1. The van der Waals surface area contributed by atoms with Crippen LogP contribution in [0.5, 0.6) is 0 Å². The van der Waals surface area contributed by atoms with E-state index in [0.29, 0.717) is 17.7 Å². The van der Waals surface area contributed by atoms with Gasteiger partial charge >= 0.3 is 5.69 Å². The first-order valence-electron chi connectivity index (χ1n) is 15.9. The summed E-state index contributed by atoms with van der Waals surface area (Å²) in [5.41, 5.74) is 5.85. The summed E-state index contributed by atoms with van der Waals surface area (Å²) in [7, 11) is 0. The number of ether oxygens (including phenoxy) is 2. The molecule has 2 aliphatic rings. The number of fused-ring (bicyclic) bond motifs is 1. The van der Waals surface area contributed by atoms with E-state index < -0.39 is 6.29 Å². The fourth-order valence-corrected chi connectivity index (χ4v) is 6.63. The molecule has 0 spiro atoms. The second kappa shape index (κ2) is 13.4. The number of carbonyl (C=O) groups is 1. The topological polar surface area (TPSA) is 109 Å². The zero-order valence-corrected chi connectivity index (χ0v) is 25.5. The average molecular weight is 619 g/mol. The van der Waals surface area contributed by atoms with Gasteiger partial charge in [-0.3, -0.25) is 9.36 Å². The second-order valence-electron chi connectivity index (χ2n) is 12.1. The smallest absolute Gasteiger partial charge is 0.326 e. The lowest BCUT2D eigenvalue weighted by Gasteiger charge is -2.40.